The lowest BCUT2D eigenvalue weighted by molar-refractivity contribution is 0.352. The first kappa shape index (κ1) is 13.5. The van der Waals surface area contributed by atoms with Gasteiger partial charge in [-0.05, 0) is 36.6 Å². The third-order valence-corrected chi connectivity index (χ3v) is 3.93. The number of fused-ring (bicyclic) bond motifs is 1. The monoisotopic (exact) mass is 291 g/mol. The molecule has 1 aromatic heterocycles. The fourth-order valence-electron chi connectivity index (χ4n) is 2.83. The van der Waals surface area contributed by atoms with Crippen LogP contribution in [0.3, 0.4) is 0 Å². The summed E-state index contributed by atoms with van der Waals surface area (Å²) in [7, 11) is 1.91. The van der Waals surface area contributed by atoms with Crippen molar-refractivity contribution in [2.45, 2.75) is 25.8 Å². The third kappa shape index (κ3) is 2.41. The molecule has 0 radical (unpaired) electrons. The number of hydrogen-bond acceptors (Lipinski definition) is 3. The molecule has 0 amide bonds. The van der Waals surface area contributed by atoms with Gasteiger partial charge in [0, 0.05) is 36.3 Å². The van der Waals surface area contributed by atoms with Crippen molar-refractivity contribution in [2.75, 3.05) is 6.61 Å². The van der Waals surface area contributed by atoms with E-state index in [1.165, 1.54) is 5.56 Å². The Kier molecular flexibility index (Phi) is 3.44. The van der Waals surface area contributed by atoms with Gasteiger partial charge in [-0.3, -0.25) is 4.68 Å². The molecule has 2 heterocycles. The van der Waals surface area contributed by atoms with Gasteiger partial charge in [-0.1, -0.05) is 11.6 Å². The summed E-state index contributed by atoms with van der Waals surface area (Å²) >= 11 is 6.18. The van der Waals surface area contributed by atoms with Crippen LogP contribution in [0, 0.1) is 6.92 Å². The van der Waals surface area contributed by atoms with Gasteiger partial charge in [-0.15, -0.1) is 0 Å². The summed E-state index contributed by atoms with van der Waals surface area (Å²) in [6, 6.07) is 3.83. The summed E-state index contributed by atoms with van der Waals surface area (Å²) in [6.45, 7) is 2.71. The Morgan fingerprint density at radius 1 is 1.50 bits per heavy atom. The first-order valence-corrected chi connectivity index (χ1v) is 7.12. The molecule has 0 spiro atoms. The number of hydrogen-bond donors (Lipinski definition) is 1. The fraction of sp³-hybridized carbons (Fsp3) is 0.400. The Balaban J connectivity index is 1.90. The molecular formula is C15H18ClN3O. The molecule has 0 fully saturated rings. The number of aryl methyl sites for hydroxylation is 2. The van der Waals surface area contributed by atoms with Crippen molar-refractivity contribution in [1.29, 1.82) is 0 Å². The van der Waals surface area contributed by atoms with Crippen LogP contribution in [0.5, 0.6) is 5.75 Å². The molecule has 20 heavy (non-hydrogen) atoms. The third-order valence-electron chi connectivity index (χ3n) is 3.72. The van der Waals surface area contributed by atoms with Crippen LogP contribution in [-0.4, -0.2) is 16.4 Å². The molecule has 2 N–H and O–H groups in total. The number of ether oxygens (including phenoxy) is 1. The zero-order chi connectivity index (χ0) is 14.3. The van der Waals surface area contributed by atoms with E-state index in [2.05, 4.69) is 5.10 Å². The lowest BCUT2D eigenvalue weighted by Crippen LogP contribution is -2.14. The Morgan fingerprint density at radius 2 is 2.30 bits per heavy atom. The van der Waals surface area contributed by atoms with Crippen molar-refractivity contribution in [3.63, 3.8) is 0 Å². The van der Waals surface area contributed by atoms with Crippen LogP contribution in [0.1, 0.15) is 28.4 Å². The maximum Gasteiger partial charge on any atom is 0.125 e. The van der Waals surface area contributed by atoms with E-state index in [1.807, 2.05) is 32.3 Å². The highest BCUT2D eigenvalue weighted by Gasteiger charge is 2.21. The van der Waals surface area contributed by atoms with Crippen LogP contribution in [0.15, 0.2) is 18.3 Å². The number of nitrogens with zero attached hydrogens (tertiary/aromatic N) is 2. The highest BCUT2D eigenvalue weighted by molar-refractivity contribution is 6.30. The van der Waals surface area contributed by atoms with Gasteiger partial charge in [-0.2, -0.15) is 5.10 Å². The molecule has 3 rings (SSSR count). The van der Waals surface area contributed by atoms with Crippen molar-refractivity contribution in [2.24, 2.45) is 12.8 Å². The van der Waals surface area contributed by atoms with E-state index in [4.69, 9.17) is 22.1 Å². The average molecular weight is 292 g/mol. The van der Waals surface area contributed by atoms with Crippen molar-refractivity contribution in [3.8, 4) is 5.75 Å². The average Bonchev–Trinajstić information content (AvgIpc) is 2.95. The zero-order valence-electron chi connectivity index (χ0n) is 11.7. The number of rotatable bonds is 3. The van der Waals surface area contributed by atoms with Crippen LogP contribution in [0.4, 0.5) is 0 Å². The summed E-state index contributed by atoms with van der Waals surface area (Å²) < 4.78 is 7.52. The quantitative estimate of drug-likeness (QED) is 0.945. The molecule has 0 bridgehead atoms. The molecule has 5 heteroatoms. The normalized spacial score (nSPS) is 15.0. The molecule has 4 nitrogen and oxygen atoms in total. The Morgan fingerprint density at radius 3 is 3.00 bits per heavy atom. The molecular weight excluding hydrogens is 274 g/mol. The van der Waals surface area contributed by atoms with E-state index in [0.29, 0.717) is 6.42 Å². The molecule has 0 saturated heterocycles. The zero-order valence-corrected chi connectivity index (χ0v) is 12.4. The second kappa shape index (κ2) is 5.11. The van der Waals surface area contributed by atoms with Crippen molar-refractivity contribution < 1.29 is 4.74 Å². The minimum Gasteiger partial charge on any atom is -0.493 e. The van der Waals surface area contributed by atoms with Crippen molar-refractivity contribution in [3.05, 3.63) is 45.7 Å². The molecule has 1 atom stereocenters. The molecule has 1 aliphatic heterocycles. The number of aromatic nitrogens is 2. The van der Waals surface area contributed by atoms with Gasteiger partial charge in [0.1, 0.15) is 5.75 Å². The second-order valence-corrected chi connectivity index (χ2v) is 5.74. The molecule has 106 valence electrons. The molecule has 1 aliphatic rings. The van der Waals surface area contributed by atoms with E-state index in [0.717, 1.165) is 40.6 Å². The summed E-state index contributed by atoms with van der Waals surface area (Å²) in [4.78, 5) is 0. The Bertz CT molecular complexity index is 651. The smallest absolute Gasteiger partial charge is 0.125 e. The van der Waals surface area contributed by atoms with Crippen molar-refractivity contribution in [1.82, 2.24) is 9.78 Å². The molecule has 1 aromatic carbocycles. The van der Waals surface area contributed by atoms with Gasteiger partial charge in [0.2, 0.25) is 0 Å². The lowest BCUT2D eigenvalue weighted by Gasteiger charge is -2.14. The summed E-state index contributed by atoms with van der Waals surface area (Å²) in [5.74, 6) is 0.964. The highest BCUT2D eigenvalue weighted by atomic mass is 35.5. The minimum atomic E-state index is -0.101. The second-order valence-electron chi connectivity index (χ2n) is 5.31. The minimum absolute atomic E-state index is 0.101. The van der Waals surface area contributed by atoms with Gasteiger partial charge >= 0.3 is 0 Å². The standard InChI is InChI=1S/C15H18ClN3O/c1-9-13(8-19(2)18-9)14(17)7-11-6-12(16)5-10-3-4-20-15(10)11/h5-6,8,14H,3-4,7,17H2,1-2H3. The Labute approximate surface area is 123 Å². The molecule has 0 saturated carbocycles. The van der Waals surface area contributed by atoms with E-state index in [1.54, 1.807) is 4.68 Å². The fourth-order valence-corrected chi connectivity index (χ4v) is 3.09. The number of nitrogens with two attached hydrogens (primary N) is 1. The number of halogens is 1. The van der Waals surface area contributed by atoms with Crippen LogP contribution in [0.25, 0.3) is 0 Å². The van der Waals surface area contributed by atoms with Gasteiger partial charge in [-0.25, -0.2) is 0 Å². The van der Waals surface area contributed by atoms with Crippen LogP contribution < -0.4 is 10.5 Å². The topological polar surface area (TPSA) is 53.1 Å². The molecule has 1 unspecified atom stereocenters. The predicted molar refractivity (Wildman–Crippen MR) is 79.2 cm³/mol. The summed E-state index contributed by atoms with van der Waals surface area (Å²) in [5.41, 5.74) is 10.6. The highest BCUT2D eigenvalue weighted by Crippen LogP contribution is 2.35. The SMILES string of the molecule is Cc1nn(C)cc1C(N)Cc1cc(Cl)cc2c1OCC2. The van der Waals surface area contributed by atoms with Gasteiger partial charge in [0.15, 0.2) is 0 Å². The largest absolute Gasteiger partial charge is 0.493 e. The van der Waals surface area contributed by atoms with Gasteiger partial charge < -0.3 is 10.5 Å². The van der Waals surface area contributed by atoms with E-state index in [9.17, 15) is 0 Å². The maximum absolute atomic E-state index is 6.33. The van der Waals surface area contributed by atoms with Crippen molar-refractivity contribution >= 4 is 11.6 Å². The van der Waals surface area contributed by atoms with Crippen LogP contribution in [0.2, 0.25) is 5.02 Å². The first-order valence-electron chi connectivity index (χ1n) is 6.74. The number of benzene rings is 1. The summed E-state index contributed by atoms with van der Waals surface area (Å²) in [5, 5.41) is 5.09. The lowest BCUT2D eigenvalue weighted by atomic mass is 9.98. The maximum atomic E-state index is 6.33. The van der Waals surface area contributed by atoms with Gasteiger partial charge in [0.05, 0.1) is 12.3 Å². The molecule has 2 aromatic rings. The molecule has 0 aliphatic carbocycles. The predicted octanol–water partition coefficient (Wildman–Crippen LogP) is 2.56. The van der Waals surface area contributed by atoms with E-state index in [-0.39, 0.29) is 6.04 Å². The van der Waals surface area contributed by atoms with Crippen LogP contribution >= 0.6 is 11.6 Å². The first-order chi connectivity index (χ1) is 9.54. The van der Waals surface area contributed by atoms with E-state index >= 15 is 0 Å². The van der Waals surface area contributed by atoms with Gasteiger partial charge in [0.25, 0.3) is 0 Å². The Hall–Kier alpha value is -1.52. The van der Waals surface area contributed by atoms with Crippen LogP contribution in [-0.2, 0) is 19.9 Å². The summed E-state index contributed by atoms with van der Waals surface area (Å²) in [6.07, 6.45) is 3.60. The van der Waals surface area contributed by atoms with E-state index < -0.39 is 0 Å².